The average molecular weight is 320 g/mol. The Bertz CT molecular complexity index is 575. The molecule has 4 rings (SSSR count). The predicted octanol–water partition coefficient (Wildman–Crippen LogP) is 2.60. The fourth-order valence-corrected chi connectivity index (χ4v) is 4.31. The molecule has 2 heterocycles. The zero-order valence-corrected chi connectivity index (χ0v) is 13.5. The molecule has 0 aromatic carbocycles. The molecule has 2 saturated carbocycles. The number of amides is 1. The molecule has 1 saturated heterocycles. The summed E-state index contributed by atoms with van der Waals surface area (Å²) in [7, 11) is 0. The normalized spacial score (nSPS) is 31.6. The van der Waals surface area contributed by atoms with E-state index >= 15 is 0 Å². The van der Waals surface area contributed by atoms with Crippen molar-refractivity contribution in [2.75, 3.05) is 13.2 Å². The number of aromatic nitrogens is 1. The molecule has 0 bridgehead atoms. The summed E-state index contributed by atoms with van der Waals surface area (Å²) >= 11 is 0. The monoisotopic (exact) mass is 320 g/mol. The fourth-order valence-electron chi connectivity index (χ4n) is 4.31. The van der Waals surface area contributed by atoms with E-state index in [0.717, 1.165) is 38.7 Å². The van der Waals surface area contributed by atoms with Crippen LogP contribution in [0.5, 0.6) is 0 Å². The summed E-state index contributed by atoms with van der Waals surface area (Å²) in [5.41, 5.74) is 0.533. The molecule has 1 aliphatic heterocycles. The van der Waals surface area contributed by atoms with Crippen LogP contribution in [0.4, 0.5) is 0 Å². The lowest BCUT2D eigenvalue weighted by Gasteiger charge is -2.60. The van der Waals surface area contributed by atoms with E-state index in [0.29, 0.717) is 24.2 Å². The number of nitrogens with one attached hydrogen (secondary N) is 1. The minimum absolute atomic E-state index is 0.131. The highest BCUT2D eigenvalue weighted by Crippen LogP contribution is 2.57. The number of carbonyl (C=O) groups is 1. The third-order valence-corrected chi connectivity index (χ3v) is 5.77. The molecule has 1 N–H and O–H groups in total. The van der Waals surface area contributed by atoms with Crippen molar-refractivity contribution in [1.29, 1.82) is 0 Å². The highest BCUT2D eigenvalue weighted by Gasteiger charge is 2.59. The van der Waals surface area contributed by atoms with Gasteiger partial charge in [-0.2, -0.15) is 0 Å². The van der Waals surface area contributed by atoms with Crippen molar-refractivity contribution in [3.63, 3.8) is 0 Å². The van der Waals surface area contributed by atoms with Gasteiger partial charge in [-0.05, 0) is 39.0 Å². The molecule has 3 fully saturated rings. The van der Waals surface area contributed by atoms with E-state index in [-0.39, 0.29) is 23.5 Å². The summed E-state index contributed by atoms with van der Waals surface area (Å²) in [6, 6.07) is 0.189. The third kappa shape index (κ3) is 2.39. The number of ether oxygens (including phenoxy) is 2. The minimum atomic E-state index is -0.143. The number of oxazole rings is 1. The second-order valence-corrected chi connectivity index (χ2v) is 6.86. The van der Waals surface area contributed by atoms with E-state index in [2.05, 4.69) is 10.3 Å². The van der Waals surface area contributed by atoms with Gasteiger partial charge in [-0.15, -0.1) is 0 Å². The molecule has 0 unspecified atom stereocenters. The quantitative estimate of drug-likeness (QED) is 0.902. The predicted molar refractivity (Wildman–Crippen MR) is 82.0 cm³/mol. The van der Waals surface area contributed by atoms with Crippen LogP contribution in [-0.2, 0) is 9.47 Å². The number of hydrogen-bond donors (Lipinski definition) is 1. The molecule has 23 heavy (non-hydrogen) atoms. The average Bonchev–Trinajstić information content (AvgIpc) is 3.14. The molecule has 6 heteroatoms. The maximum absolute atomic E-state index is 12.6. The van der Waals surface area contributed by atoms with Gasteiger partial charge in [0.15, 0.2) is 17.8 Å². The van der Waals surface area contributed by atoms with Crippen LogP contribution in [0.3, 0.4) is 0 Å². The SMILES string of the molecule is CCO[C@@H]1C[C@@H](NC(=O)c2ncoc2[C@H]2CCCO2)C12CCC2. The van der Waals surface area contributed by atoms with Crippen LogP contribution >= 0.6 is 0 Å². The van der Waals surface area contributed by atoms with Gasteiger partial charge in [-0.25, -0.2) is 4.98 Å². The van der Waals surface area contributed by atoms with Crippen molar-refractivity contribution in [2.45, 2.75) is 63.7 Å². The van der Waals surface area contributed by atoms with Crippen molar-refractivity contribution in [3.05, 3.63) is 17.8 Å². The van der Waals surface area contributed by atoms with Gasteiger partial charge in [-0.1, -0.05) is 6.42 Å². The Labute approximate surface area is 135 Å². The van der Waals surface area contributed by atoms with Crippen LogP contribution in [0.15, 0.2) is 10.8 Å². The van der Waals surface area contributed by atoms with Crippen molar-refractivity contribution in [2.24, 2.45) is 5.41 Å². The fraction of sp³-hybridized carbons (Fsp3) is 0.765. The Morgan fingerprint density at radius 1 is 1.48 bits per heavy atom. The first-order chi connectivity index (χ1) is 11.2. The van der Waals surface area contributed by atoms with Crippen molar-refractivity contribution in [3.8, 4) is 0 Å². The van der Waals surface area contributed by atoms with Crippen molar-refractivity contribution >= 4 is 5.91 Å². The van der Waals surface area contributed by atoms with Crippen LogP contribution in [0.25, 0.3) is 0 Å². The van der Waals surface area contributed by atoms with Gasteiger partial charge in [0.1, 0.15) is 6.10 Å². The van der Waals surface area contributed by atoms with Crippen LogP contribution < -0.4 is 5.32 Å². The first-order valence-corrected chi connectivity index (χ1v) is 8.72. The summed E-state index contributed by atoms with van der Waals surface area (Å²) in [5.74, 6) is 0.429. The van der Waals surface area contributed by atoms with Gasteiger partial charge in [0.2, 0.25) is 0 Å². The zero-order valence-electron chi connectivity index (χ0n) is 13.5. The van der Waals surface area contributed by atoms with E-state index in [9.17, 15) is 4.79 Å². The Morgan fingerprint density at radius 2 is 2.35 bits per heavy atom. The molecule has 6 nitrogen and oxygen atoms in total. The molecule has 1 aromatic rings. The maximum atomic E-state index is 12.6. The second-order valence-electron chi connectivity index (χ2n) is 6.86. The van der Waals surface area contributed by atoms with Crippen LogP contribution in [-0.4, -0.2) is 36.3 Å². The Balaban J connectivity index is 1.44. The summed E-state index contributed by atoms with van der Waals surface area (Å²) in [4.78, 5) is 16.8. The van der Waals surface area contributed by atoms with Gasteiger partial charge in [-0.3, -0.25) is 4.79 Å². The molecule has 2 aliphatic carbocycles. The van der Waals surface area contributed by atoms with E-state index in [1.807, 2.05) is 6.92 Å². The summed E-state index contributed by atoms with van der Waals surface area (Å²) in [6.45, 7) is 3.48. The molecular weight excluding hydrogens is 296 g/mol. The Kier molecular flexibility index (Phi) is 3.89. The zero-order chi connectivity index (χ0) is 15.9. The molecule has 0 radical (unpaired) electrons. The molecule has 1 spiro atoms. The first kappa shape index (κ1) is 15.1. The Hall–Kier alpha value is -1.40. The molecule has 126 valence electrons. The van der Waals surface area contributed by atoms with E-state index < -0.39 is 0 Å². The van der Waals surface area contributed by atoms with Gasteiger partial charge < -0.3 is 19.2 Å². The highest BCUT2D eigenvalue weighted by molar-refractivity contribution is 5.93. The summed E-state index contributed by atoms with van der Waals surface area (Å²) in [6.07, 6.45) is 7.78. The lowest BCUT2D eigenvalue weighted by atomic mass is 9.51. The van der Waals surface area contributed by atoms with Gasteiger partial charge >= 0.3 is 0 Å². The van der Waals surface area contributed by atoms with Crippen LogP contribution in [0, 0.1) is 5.41 Å². The lowest BCUT2D eigenvalue weighted by Crippen LogP contribution is -2.67. The first-order valence-electron chi connectivity index (χ1n) is 8.72. The lowest BCUT2D eigenvalue weighted by molar-refractivity contribution is -0.169. The van der Waals surface area contributed by atoms with Crippen molar-refractivity contribution in [1.82, 2.24) is 10.3 Å². The van der Waals surface area contributed by atoms with E-state index in [1.165, 1.54) is 12.8 Å². The number of rotatable bonds is 5. The molecule has 1 aromatic heterocycles. The molecule has 3 atom stereocenters. The summed E-state index contributed by atoms with van der Waals surface area (Å²) in [5, 5.41) is 3.17. The standard InChI is InChI=1S/C17H24N2O4/c1-2-21-13-9-12(17(13)6-4-7-17)19-16(20)14-15(23-10-18-14)11-5-3-8-22-11/h10-13H,2-9H2,1H3,(H,19,20)/t11-,12-,13-/m1/s1. The largest absolute Gasteiger partial charge is 0.445 e. The van der Waals surface area contributed by atoms with E-state index in [4.69, 9.17) is 13.9 Å². The highest BCUT2D eigenvalue weighted by atomic mass is 16.5. The van der Waals surface area contributed by atoms with Gasteiger partial charge in [0.25, 0.3) is 5.91 Å². The smallest absolute Gasteiger partial charge is 0.273 e. The minimum Gasteiger partial charge on any atom is -0.445 e. The number of hydrogen-bond acceptors (Lipinski definition) is 5. The molecule has 1 amide bonds. The van der Waals surface area contributed by atoms with Gasteiger partial charge in [0, 0.05) is 24.7 Å². The summed E-state index contributed by atoms with van der Waals surface area (Å²) < 4.78 is 16.9. The van der Waals surface area contributed by atoms with Crippen molar-refractivity contribution < 1.29 is 18.7 Å². The Morgan fingerprint density at radius 3 is 3.00 bits per heavy atom. The molecule has 3 aliphatic rings. The van der Waals surface area contributed by atoms with Crippen LogP contribution in [0.1, 0.15) is 67.8 Å². The maximum Gasteiger partial charge on any atom is 0.273 e. The van der Waals surface area contributed by atoms with Crippen LogP contribution in [0.2, 0.25) is 0 Å². The topological polar surface area (TPSA) is 73.6 Å². The number of nitrogens with zero attached hydrogens (tertiary/aromatic N) is 1. The van der Waals surface area contributed by atoms with Gasteiger partial charge in [0.05, 0.1) is 6.10 Å². The molecular formula is C17H24N2O4. The third-order valence-electron chi connectivity index (χ3n) is 5.77. The number of carbonyl (C=O) groups excluding carboxylic acids is 1. The van der Waals surface area contributed by atoms with E-state index in [1.54, 1.807) is 0 Å². The second kappa shape index (κ2) is 5.91.